The van der Waals surface area contributed by atoms with E-state index in [1.54, 1.807) is 6.92 Å². The summed E-state index contributed by atoms with van der Waals surface area (Å²) >= 11 is 5.77. The minimum Gasteiger partial charge on any atom is -0.478 e. The van der Waals surface area contributed by atoms with Gasteiger partial charge in [-0.2, -0.15) is 0 Å². The molecule has 0 heterocycles. The minimum atomic E-state index is -1.14. The first-order valence-corrected chi connectivity index (χ1v) is 5.92. The fourth-order valence-corrected chi connectivity index (χ4v) is 1.46. The predicted molar refractivity (Wildman–Crippen MR) is 71.9 cm³/mol. The Kier molecular flexibility index (Phi) is 5.59. The maximum atomic E-state index is 11.6. The van der Waals surface area contributed by atoms with E-state index in [0.717, 1.165) is 0 Å². The average Bonchev–Trinajstić information content (AvgIpc) is 2.35. The highest BCUT2D eigenvalue weighted by Gasteiger charge is 2.13. The summed E-state index contributed by atoms with van der Waals surface area (Å²) in [5.74, 6) is -1.14. The summed E-state index contributed by atoms with van der Waals surface area (Å²) in [6.07, 6.45) is -0.135. The van der Waals surface area contributed by atoms with E-state index in [2.05, 4.69) is 10.6 Å². The van der Waals surface area contributed by atoms with Crippen LogP contribution in [-0.2, 0) is 4.74 Å². The molecule has 0 aliphatic carbocycles. The Morgan fingerprint density at radius 3 is 2.74 bits per heavy atom. The fraction of sp³-hybridized carbons (Fsp3) is 0.333. The number of halogens is 1. The molecule has 1 aromatic rings. The van der Waals surface area contributed by atoms with Crippen molar-refractivity contribution in [3.63, 3.8) is 0 Å². The Morgan fingerprint density at radius 2 is 2.16 bits per heavy atom. The van der Waals surface area contributed by atoms with E-state index in [1.807, 2.05) is 0 Å². The van der Waals surface area contributed by atoms with E-state index in [1.165, 1.54) is 25.3 Å². The number of carboxylic acids is 1. The Hall–Kier alpha value is -1.79. The Morgan fingerprint density at radius 1 is 1.47 bits per heavy atom. The maximum absolute atomic E-state index is 11.6. The summed E-state index contributed by atoms with van der Waals surface area (Å²) in [6.45, 7) is 2.10. The summed E-state index contributed by atoms with van der Waals surface area (Å²) in [7, 11) is 1.53. The van der Waals surface area contributed by atoms with Gasteiger partial charge in [0.25, 0.3) is 0 Å². The molecule has 0 saturated heterocycles. The SMILES string of the molecule is COC(C)CNC(=O)Nc1cc(Cl)ccc1C(=O)O. The monoisotopic (exact) mass is 286 g/mol. The number of carbonyl (C=O) groups excluding carboxylic acids is 1. The van der Waals surface area contributed by atoms with E-state index in [-0.39, 0.29) is 17.4 Å². The second-order valence-electron chi connectivity index (χ2n) is 3.88. The largest absolute Gasteiger partial charge is 0.478 e. The highest BCUT2D eigenvalue weighted by Crippen LogP contribution is 2.21. The third-order valence-electron chi connectivity index (χ3n) is 2.41. The van der Waals surface area contributed by atoms with Crippen LogP contribution in [0.3, 0.4) is 0 Å². The van der Waals surface area contributed by atoms with E-state index >= 15 is 0 Å². The minimum absolute atomic E-state index is 0.0284. The van der Waals surface area contributed by atoms with Gasteiger partial charge in [-0.3, -0.25) is 0 Å². The summed E-state index contributed by atoms with van der Waals surface area (Å²) < 4.78 is 4.97. The number of rotatable bonds is 5. The van der Waals surface area contributed by atoms with Crippen molar-refractivity contribution in [2.24, 2.45) is 0 Å². The standard InChI is InChI=1S/C12H15ClN2O4/c1-7(19-2)6-14-12(18)15-10-5-8(13)3-4-9(10)11(16)17/h3-5,7H,6H2,1-2H3,(H,16,17)(H2,14,15,18). The van der Waals surface area contributed by atoms with Crippen LogP contribution >= 0.6 is 11.6 Å². The van der Waals surface area contributed by atoms with E-state index in [9.17, 15) is 9.59 Å². The summed E-state index contributed by atoms with van der Waals surface area (Å²) in [5.41, 5.74) is 0.113. The number of amides is 2. The molecule has 2 amide bonds. The number of urea groups is 1. The number of aromatic carboxylic acids is 1. The number of methoxy groups -OCH3 is 1. The van der Waals surface area contributed by atoms with Crippen LogP contribution < -0.4 is 10.6 Å². The molecule has 0 aliphatic heterocycles. The number of ether oxygens (including phenoxy) is 1. The topological polar surface area (TPSA) is 87.7 Å². The second-order valence-corrected chi connectivity index (χ2v) is 4.31. The first-order valence-electron chi connectivity index (χ1n) is 5.54. The molecule has 19 heavy (non-hydrogen) atoms. The van der Waals surface area contributed by atoms with Crippen molar-refractivity contribution in [1.29, 1.82) is 0 Å². The Labute approximate surface area is 115 Å². The lowest BCUT2D eigenvalue weighted by Crippen LogP contribution is -2.35. The molecular weight excluding hydrogens is 272 g/mol. The lowest BCUT2D eigenvalue weighted by Gasteiger charge is -2.13. The second kappa shape index (κ2) is 6.96. The number of benzene rings is 1. The van der Waals surface area contributed by atoms with Crippen LogP contribution in [0.5, 0.6) is 0 Å². The van der Waals surface area contributed by atoms with Gasteiger partial charge in [0, 0.05) is 18.7 Å². The summed E-state index contributed by atoms with van der Waals surface area (Å²) in [6, 6.07) is 3.64. The molecule has 1 rings (SSSR count). The van der Waals surface area contributed by atoms with Crippen molar-refractivity contribution in [1.82, 2.24) is 5.32 Å². The molecule has 0 bridgehead atoms. The molecule has 0 aliphatic rings. The van der Waals surface area contributed by atoms with Crippen LogP contribution in [0.15, 0.2) is 18.2 Å². The molecular formula is C12H15ClN2O4. The molecule has 0 aromatic heterocycles. The van der Waals surface area contributed by atoms with E-state index in [4.69, 9.17) is 21.4 Å². The van der Waals surface area contributed by atoms with Crippen molar-refractivity contribution in [2.45, 2.75) is 13.0 Å². The van der Waals surface area contributed by atoms with Crippen LogP contribution in [0.25, 0.3) is 0 Å². The fourth-order valence-electron chi connectivity index (χ4n) is 1.29. The van der Waals surface area contributed by atoms with Crippen molar-refractivity contribution < 1.29 is 19.4 Å². The molecule has 104 valence electrons. The van der Waals surface area contributed by atoms with Gasteiger partial charge in [0.2, 0.25) is 0 Å². The number of carbonyl (C=O) groups is 2. The zero-order valence-corrected chi connectivity index (χ0v) is 11.3. The highest BCUT2D eigenvalue weighted by atomic mass is 35.5. The van der Waals surface area contributed by atoms with Gasteiger partial charge >= 0.3 is 12.0 Å². The summed E-state index contributed by atoms with van der Waals surface area (Å²) in [4.78, 5) is 22.6. The quantitative estimate of drug-likeness (QED) is 0.774. The van der Waals surface area contributed by atoms with Crippen molar-refractivity contribution in [2.75, 3.05) is 19.0 Å². The van der Waals surface area contributed by atoms with Crippen molar-refractivity contribution in [3.8, 4) is 0 Å². The zero-order chi connectivity index (χ0) is 14.4. The zero-order valence-electron chi connectivity index (χ0n) is 10.6. The molecule has 1 unspecified atom stereocenters. The molecule has 7 heteroatoms. The van der Waals surface area contributed by atoms with Gasteiger partial charge in [0.05, 0.1) is 17.4 Å². The molecule has 3 N–H and O–H groups in total. The van der Waals surface area contributed by atoms with Crippen LogP contribution in [0.4, 0.5) is 10.5 Å². The van der Waals surface area contributed by atoms with Crippen molar-refractivity contribution in [3.05, 3.63) is 28.8 Å². The molecule has 0 radical (unpaired) electrons. The molecule has 0 saturated carbocycles. The smallest absolute Gasteiger partial charge is 0.337 e. The van der Waals surface area contributed by atoms with E-state index < -0.39 is 12.0 Å². The third kappa shape index (κ3) is 4.76. The van der Waals surface area contributed by atoms with Gasteiger partial charge in [-0.05, 0) is 25.1 Å². The Bertz CT molecular complexity index is 479. The number of nitrogens with one attached hydrogen (secondary N) is 2. The van der Waals surface area contributed by atoms with Gasteiger partial charge in [-0.15, -0.1) is 0 Å². The lowest BCUT2D eigenvalue weighted by atomic mass is 10.2. The molecule has 6 nitrogen and oxygen atoms in total. The average molecular weight is 287 g/mol. The number of carboxylic acid groups (broad SMARTS) is 1. The van der Waals surface area contributed by atoms with Crippen molar-refractivity contribution >= 4 is 29.3 Å². The number of anilines is 1. The first kappa shape index (κ1) is 15.3. The molecule has 1 aromatic carbocycles. The molecule has 0 fully saturated rings. The number of hydrogen-bond donors (Lipinski definition) is 3. The van der Waals surface area contributed by atoms with Gasteiger partial charge in [0.15, 0.2) is 0 Å². The van der Waals surface area contributed by atoms with Gasteiger partial charge < -0.3 is 20.5 Å². The number of hydrogen-bond acceptors (Lipinski definition) is 3. The van der Waals surface area contributed by atoms with Crippen LogP contribution in [0.1, 0.15) is 17.3 Å². The van der Waals surface area contributed by atoms with Gasteiger partial charge in [-0.25, -0.2) is 9.59 Å². The summed E-state index contributed by atoms with van der Waals surface area (Å²) in [5, 5.41) is 14.3. The van der Waals surface area contributed by atoms with Crippen LogP contribution in [0, 0.1) is 0 Å². The molecule has 1 atom stereocenters. The Balaban J connectivity index is 2.73. The lowest BCUT2D eigenvalue weighted by molar-refractivity contribution is 0.0698. The predicted octanol–water partition coefficient (Wildman–Crippen LogP) is 2.19. The van der Waals surface area contributed by atoms with E-state index in [0.29, 0.717) is 11.6 Å². The van der Waals surface area contributed by atoms with Gasteiger partial charge in [-0.1, -0.05) is 11.6 Å². The van der Waals surface area contributed by atoms with Gasteiger partial charge in [0.1, 0.15) is 0 Å². The highest BCUT2D eigenvalue weighted by molar-refractivity contribution is 6.31. The van der Waals surface area contributed by atoms with Crippen LogP contribution in [-0.4, -0.2) is 36.9 Å². The third-order valence-corrected chi connectivity index (χ3v) is 2.65. The molecule has 0 spiro atoms. The van der Waals surface area contributed by atoms with Crippen LogP contribution in [0.2, 0.25) is 5.02 Å². The maximum Gasteiger partial charge on any atom is 0.337 e. The normalized spacial score (nSPS) is 11.7. The first-order chi connectivity index (χ1) is 8.93.